The number of carboxylic acid groups (broad SMARTS) is 1. The average molecular weight is 278 g/mol. The van der Waals surface area contributed by atoms with Crippen molar-refractivity contribution in [3.8, 4) is 11.5 Å². The van der Waals surface area contributed by atoms with Gasteiger partial charge in [-0.1, -0.05) is 29.8 Å². The molecule has 0 radical (unpaired) electrons. The van der Waals surface area contributed by atoms with E-state index in [-0.39, 0.29) is 22.0 Å². The Bertz CT molecular complexity index is 641. The van der Waals surface area contributed by atoms with Crippen LogP contribution in [0, 0.1) is 6.92 Å². The lowest BCUT2D eigenvalue weighted by atomic mass is 10.1. The highest BCUT2D eigenvalue weighted by Gasteiger charge is 2.17. The van der Waals surface area contributed by atoms with Crippen LogP contribution in [0.2, 0.25) is 5.02 Å². The second-order valence-electron chi connectivity index (χ2n) is 4.05. The summed E-state index contributed by atoms with van der Waals surface area (Å²) in [5.41, 5.74) is 6.68. The molecule has 0 fully saturated rings. The second-order valence-corrected chi connectivity index (χ2v) is 4.46. The van der Waals surface area contributed by atoms with Crippen molar-refractivity contribution in [3.63, 3.8) is 0 Å². The summed E-state index contributed by atoms with van der Waals surface area (Å²) in [6.07, 6.45) is 0. The molecule has 0 aromatic heterocycles. The predicted octanol–water partition coefficient (Wildman–Crippen LogP) is 3.72. The highest BCUT2D eigenvalue weighted by molar-refractivity contribution is 6.33. The largest absolute Gasteiger partial charge is 0.478 e. The van der Waals surface area contributed by atoms with Crippen LogP contribution in [0.3, 0.4) is 0 Å². The number of carboxylic acids is 1. The number of anilines is 1. The molecule has 0 aliphatic rings. The van der Waals surface area contributed by atoms with Gasteiger partial charge in [-0.05, 0) is 30.7 Å². The number of para-hydroxylation sites is 1. The number of nitrogen functional groups attached to an aromatic ring is 1. The number of aryl methyl sites for hydroxylation is 1. The Hall–Kier alpha value is -2.20. The maximum absolute atomic E-state index is 11.2. The molecule has 19 heavy (non-hydrogen) atoms. The van der Waals surface area contributed by atoms with Gasteiger partial charge in [-0.25, -0.2) is 4.79 Å². The van der Waals surface area contributed by atoms with E-state index in [1.54, 1.807) is 12.1 Å². The molecule has 98 valence electrons. The molecule has 0 atom stereocenters. The average Bonchev–Trinajstić information content (AvgIpc) is 2.34. The molecule has 2 aromatic carbocycles. The summed E-state index contributed by atoms with van der Waals surface area (Å²) in [6.45, 7) is 1.86. The third kappa shape index (κ3) is 2.80. The first-order valence-electron chi connectivity index (χ1n) is 5.55. The maximum Gasteiger partial charge on any atom is 0.339 e. The quantitative estimate of drug-likeness (QED) is 0.839. The van der Waals surface area contributed by atoms with E-state index >= 15 is 0 Å². The molecule has 4 nitrogen and oxygen atoms in total. The smallest absolute Gasteiger partial charge is 0.339 e. The minimum absolute atomic E-state index is 0.0618. The van der Waals surface area contributed by atoms with Crippen molar-refractivity contribution in [2.75, 3.05) is 5.73 Å². The molecular weight excluding hydrogens is 266 g/mol. The van der Waals surface area contributed by atoms with Gasteiger partial charge < -0.3 is 15.6 Å². The van der Waals surface area contributed by atoms with E-state index in [0.717, 1.165) is 5.56 Å². The second kappa shape index (κ2) is 5.20. The van der Waals surface area contributed by atoms with Gasteiger partial charge in [-0.3, -0.25) is 0 Å². The lowest BCUT2D eigenvalue weighted by molar-refractivity contribution is 0.0694. The SMILES string of the molecule is Cc1ccccc1Oc1c(Cl)cc(N)cc1C(=O)O. The first kappa shape index (κ1) is 13.2. The molecule has 0 unspecified atom stereocenters. The molecular formula is C14H12ClNO3. The van der Waals surface area contributed by atoms with Crippen LogP contribution in [0.5, 0.6) is 11.5 Å². The van der Waals surface area contributed by atoms with Gasteiger partial charge >= 0.3 is 5.97 Å². The zero-order chi connectivity index (χ0) is 14.0. The third-order valence-electron chi connectivity index (χ3n) is 2.60. The van der Waals surface area contributed by atoms with Gasteiger partial charge in [0, 0.05) is 5.69 Å². The topological polar surface area (TPSA) is 72.5 Å². The van der Waals surface area contributed by atoms with Crippen LogP contribution in [-0.2, 0) is 0 Å². The van der Waals surface area contributed by atoms with E-state index in [1.807, 2.05) is 19.1 Å². The summed E-state index contributed by atoms with van der Waals surface area (Å²) in [5, 5.41) is 9.33. The van der Waals surface area contributed by atoms with Crippen molar-refractivity contribution in [1.29, 1.82) is 0 Å². The van der Waals surface area contributed by atoms with Crippen LogP contribution in [0.1, 0.15) is 15.9 Å². The Balaban J connectivity index is 2.51. The van der Waals surface area contributed by atoms with Crippen LogP contribution in [0.25, 0.3) is 0 Å². The molecule has 0 spiro atoms. The molecule has 3 N–H and O–H groups in total. The first-order valence-corrected chi connectivity index (χ1v) is 5.92. The van der Waals surface area contributed by atoms with Crippen LogP contribution in [-0.4, -0.2) is 11.1 Å². The fraction of sp³-hybridized carbons (Fsp3) is 0.0714. The predicted molar refractivity (Wildman–Crippen MR) is 74.1 cm³/mol. The Morgan fingerprint density at radius 1 is 1.32 bits per heavy atom. The van der Waals surface area contributed by atoms with Gasteiger partial charge in [0.15, 0.2) is 5.75 Å². The number of aromatic carboxylic acids is 1. The van der Waals surface area contributed by atoms with Crippen molar-refractivity contribution in [2.24, 2.45) is 0 Å². The number of halogens is 1. The molecule has 0 bridgehead atoms. The van der Waals surface area contributed by atoms with Crippen LogP contribution >= 0.6 is 11.6 Å². The fourth-order valence-electron chi connectivity index (χ4n) is 1.66. The van der Waals surface area contributed by atoms with E-state index in [0.29, 0.717) is 5.75 Å². The first-order chi connectivity index (χ1) is 8.99. The molecule has 0 saturated heterocycles. The number of rotatable bonds is 3. The summed E-state index contributed by atoms with van der Waals surface area (Å²) >= 11 is 6.01. The van der Waals surface area contributed by atoms with Gasteiger partial charge in [-0.2, -0.15) is 0 Å². The van der Waals surface area contributed by atoms with Crippen molar-refractivity contribution < 1.29 is 14.6 Å². The van der Waals surface area contributed by atoms with Gasteiger partial charge in [0.25, 0.3) is 0 Å². The lowest BCUT2D eigenvalue weighted by Gasteiger charge is -2.13. The van der Waals surface area contributed by atoms with E-state index in [4.69, 9.17) is 27.2 Å². The van der Waals surface area contributed by atoms with Crippen molar-refractivity contribution in [2.45, 2.75) is 6.92 Å². The molecule has 5 heteroatoms. The van der Waals surface area contributed by atoms with Gasteiger partial charge in [0.2, 0.25) is 0 Å². The summed E-state index contributed by atoms with van der Waals surface area (Å²) in [4.78, 5) is 11.2. The Morgan fingerprint density at radius 3 is 2.63 bits per heavy atom. The molecule has 0 aliphatic heterocycles. The van der Waals surface area contributed by atoms with Crippen molar-refractivity contribution in [1.82, 2.24) is 0 Å². The number of hydrogen-bond acceptors (Lipinski definition) is 3. The van der Waals surface area contributed by atoms with Crippen molar-refractivity contribution in [3.05, 3.63) is 52.5 Å². The summed E-state index contributed by atoms with van der Waals surface area (Å²) in [5.74, 6) is -0.493. The van der Waals surface area contributed by atoms with Gasteiger partial charge in [0.05, 0.1) is 5.02 Å². The Kier molecular flexibility index (Phi) is 3.62. The van der Waals surface area contributed by atoms with Crippen LogP contribution < -0.4 is 10.5 Å². The fourth-order valence-corrected chi connectivity index (χ4v) is 1.92. The minimum atomic E-state index is -1.14. The summed E-state index contributed by atoms with van der Waals surface area (Å²) < 4.78 is 5.62. The molecule has 0 saturated carbocycles. The maximum atomic E-state index is 11.2. The normalized spacial score (nSPS) is 10.2. The highest BCUT2D eigenvalue weighted by atomic mass is 35.5. The highest BCUT2D eigenvalue weighted by Crippen LogP contribution is 2.36. The van der Waals surface area contributed by atoms with Crippen LogP contribution in [0.15, 0.2) is 36.4 Å². The van der Waals surface area contributed by atoms with E-state index in [9.17, 15) is 4.79 Å². The Labute approximate surface area is 115 Å². The minimum Gasteiger partial charge on any atom is -0.478 e. The van der Waals surface area contributed by atoms with Crippen molar-refractivity contribution >= 4 is 23.3 Å². The summed E-state index contributed by atoms with van der Waals surface area (Å²) in [6, 6.07) is 10.1. The monoisotopic (exact) mass is 277 g/mol. The van der Waals surface area contributed by atoms with E-state index in [1.165, 1.54) is 12.1 Å². The molecule has 0 heterocycles. The molecule has 0 aliphatic carbocycles. The molecule has 0 amide bonds. The zero-order valence-corrected chi connectivity index (χ0v) is 10.9. The number of carbonyl (C=O) groups is 1. The van der Waals surface area contributed by atoms with Gasteiger partial charge in [0.1, 0.15) is 11.3 Å². The zero-order valence-electron chi connectivity index (χ0n) is 10.2. The van der Waals surface area contributed by atoms with Gasteiger partial charge in [-0.15, -0.1) is 0 Å². The Morgan fingerprint density at radius 2 is 2.00 bits per heavy atom. The number of nitrogens with two attached hydrogens (primary N) is 1. The van der Waals surface area contributed by atoms with Crippen LogP contribution in [0.4, 0.5) is 5.69 Å². The third-order valence-corrected chi connectivity index (χ3v) is 2.88. The standard InChI is InChI=1S/C14H12ClNO3/c1-8-4-2-3-5-12(8)19-13-10(14(17)18)6-9(16)7-11(13)15/h2-7H,16H2,1H3,(H,17,18). The lowest BCUT2D eigenvalue weighted by Crippen LogP contribution is -2.02. The number of ether oxygens (including phenoxy) is 1. The number of benzene rings is 2. The van der Waals surface area contributed by atoms with E-state index < -0.39 is 5.97 Å². The van der Waals surface area contributed by atoms with E-state index in [2.05, 4.69) is 0 Å². The summed E-state index contributed by atoms with van der Waals surface area (Å²) in [7, 11) is 0. The molecule has 2 rings (SSSR count). The molecule has 2 aromatic rings. The number of hydrogen-bond donors (Lipinski definition) is 2.